The molecule has 9 heteroatoms. The van der Waals surface area contributed by atoms with Gasteiger partial charge < -0.3 is 8.61 Å². The molecule has 0 aliphatic heterocycles. The number of hydrogen-bond donors (Lipinski definition) is 0. The fraction of sp³-hybridized carbons (Fsp3) is 0.875. The van der Waals surface area contributed by atoms with Gasteiger partial charge in [0.25, 0.3) is 0 Å². The Kier molecular flexibility index (Phi) is 6.84. The lowest BCUT2D eigenvalue weighted by molar-refractivity contribution is -0.0538. The van der Waals surface area contributed by atoms with Crippen molar-refractivity contribution in [3.8, 4) is 0 Å². The van der Waals surface area contributed by atoms with E-state index in [9.17, 15) is 21.6 Å². The first-order chi connectivity index (χ1) is 11.2. The van der Waals surface area contributed by atoms with Gasteiger partial charge in [0.2, 0.25) is 0 Å². The maximum atomic E-state index is 12.6. The van der Waals surface area contributed by atoms with Gasteiger partial charge in [-0.05, 0) is 43.5 Å². The predicted octanol–water partition coefficient (Wildman–Crippen LogP) is 5.34. The van der Waals surface area contributed by atoms with Gasteiger partial charge in [-0.1, -0.05) is 34.6 Å². The van der Waals surface area contributed by atoms with Crippen LogP contribution in [0.2, 0.25) is 18.1 Å². The highest BCUT2D eigenvalue weighted by molar-refractivity contribution is 7.87. The molecule has 0 unspecified atom stereocenters. The summed E-state index contributed by atoms with van der Waals surface area (Å²) >= 11 is 0. The van der Waals surface area contributed by atoms with Gasteiger partial charge >= 0.3 is 15.6 Å². The first kappa shape index (κ1) is 22.5. The van der Waals surface area contributed by atoms with E-state index in [1.807, 2.05) is 0 Å². The van der Waals surface area contributed by atoms with Crippen molar-refractivity contribution >= 4 is 18.4 Å². The van der Waals surface area contributed by atoms with Gasteiger partial charge in [-0.15, -0.1) is 0 Å². The van der Waals surface area contributed by atoms with Crippen LogP contribution in [-0.4, -0.2) is 28.3 Å². The molecule has 0 saturated heterocycles. The summed E-state index contributed by atoms with van der Waals surface area (Å²) in [5.74, 6) is -0.110. The van der Waals surface area contributed by atoms with Gasteiger partial charge in [-0.25, -0.2) is 0 Å². The topological polar surface area (TPSA) is 52.6 Å². The summed E-state index contributed by atoms with van der Waals surface area (Å²) in [7, 11) is -7.52. The van der Waals surface area contributed by atoms with Crippen molar-refractivity contribution in [1.82, 2.24) is 0 Å². The van der Waals surface area contributed by atoms with Gasteiger partial charge in [-0.2, -0.15) is 21.6 Å². The molecule has 1 aliphatic rings. The SMILES string of the molecule is CC[Si](CC)(CC)O[C@@H]1CC(C)=C(OS(=O)(=O)C(F)(F)F)C(C)(C)C1. The van der Waals surface area contributed by atoms with Crippen molar-refractivity contribution in [2.45, 2.75) is 84.1 Å². The molecule has 1 atom stereocenters. The Morgan fingerprint density at radius 3 is 2.00 bits per heavy atom. The van der Waals surface area contributed by atoms with Crippen molar-refractivity contribution in [3.05, 3.63) is 11.3 Å². The molecular formula is C16H29F3O4SSi. The molecule has 0 spiro atoms. The third kappa shape index (κ3) is 5.00. The lowest BCUT2D eigenvalue weighted by Crippen LogP contribution is -2.43. The zero-order valence-corrected chi connectivity index (χ0v) is 17.6. The summed E-state index contributed by atoms with van der Waals surface area (Å²) in [5.41, 5.74) is -5.78. The number of rotatable bonds is 7. The summed E-state index contributed by atoms with van der Waals surface area (Å²) in [5, 5.41) is 0. The summed E-state index contributed by atoms with van der Waals surface area (Å²) in [6.07, 6.45) is 0.699. The largest absolute Gasteiger partial charge is 0.534 e. The Labute approximate surface area is 150 Å². The molecule has 4 nitrogen and oxygen atoms in total. The second-order valence-corrected chi connectivity index (χ2v) is 13.6. The van der Waals surface area contributed by atoms with Crippen molar-refractivity contribution < 1.29 is 30.2 Å². The van der Waals surface area contributed by atoms with Crippen LogP contribution in [0.4, 0.5) is 13.2 Å². The van der Waals surface area contributed by atoms with Crippen molar-refractivity contribution in [2.24, 2.45) is 5.41 Å². The van der Waals surface area contributed by atoms with E-state index in [4.69, 9.17) is 4.43 Å². The van der Waals surface area contributed by atoms with Crippen molar-refractivity contribution in [1.29, 1.82) is 0 Å². The van der Waals surface area contributed by atoms with Crippen LogP contribution in [0, 0.1) is 5.41 Å². The number of alkyl halides is 3. The van der Waals surface area contributed by atoms with Gasteiger partial charge in [0, 0.05) is 11.5 Å². The van der Waals surface area contributed by atoms with E-state index in [0.29, 0.717) is 18.4 Å². The molecule has 1 aliphatic carbocycles. The van der Waals surface area contributed by atoms with E-state index in [0.717, 1.165) is 18.1 Å². The van der Waals surface area contributed by atoms with Crippen LogP contribution in [0.25, 0.3) is 0 Å². The Hall–Kier alpha value is -0.543. The molecule has 0 fully saturated rings. The molecule has 0 bridgehead atoms. The number of hydrogen-bond acceptors (Lipinski definition) is 4. The molecule has 0 heterocycles. The van der Waals surface area contributed by atoms with Gasteiger partial charge in [0.1, 0.15) is 5.76 Å². The molecule has 0 aromatic heterocycles. The van der Waals surface area contributed by atoms with Crippen LogP contribution in [0.15, 0.2) is 11.3 Å². The molecule has 0 saturated carbocycles. The molecule has 148 valence electrons. The summed E-state index contributed by atoms with van der Waals surface area (Å²) in [4.78, 5) is 0. The van der Waals surface area contributed by atoms with E-state index < -0.39 is 29.4 Å². The first-order valence-corrected chi connectivity index (χ1v) is 12.6. The minimum absolute atomic E-state index is 0.110. The third-order valence-corrected chi connectivity index (χ3v) is 10.8. The molecule has 0 aromatic carbocycles. The molecular weight excluding hydrogens is 373 g/mol. The van der Waals surface area contributed by atoms with Crippen LogP contribution < -0.4 is 0 Å². The fourth-order valence-electron chi connectivity index (χ4n) is 3.52. The highest BCUT2D eigenvalue weighted by Crippen LogP contribution is 2.45. The van der Waals surface area contributed by atoms with Gasteiger partial charge in [-0.3, -0.25) is 0 Å². The minimum atomic E-state index is -5.66. The fourth-order valence-corrected chi connectivity index (χ4v) is 7.08. The second kappa shape index (κ2) is 7.60. The number of halogens is 3. The highest BCUT2D eigenvalue weighted by atomic mass is 32.2. The lowest BCUT2D eigenvalue weighted by atomic mass is 9.77. The van der Waals surface area contributed by atoms with E-state index >= 15 is 0 Å². The molecule has 1 rings (SSSR count). The highest BCUT2D eigenvalue weighted by Gasteiger charge is 2.51. The van der Waals surface area contributed by atoms with E-state index in [1.54, 1.807) is 20.8 Å². The van der Waals surface area contributed by atoms with E-state index in [2.05, 4.69) is 25.0 Å². The van der Waals surface area contributed by atoms with Gasteiger partial charge in [0.05, 0.1) is 0 Å². The minimum Gasteiger partial charge on any atom is -0.414 e. The molecule has 0 amide bonds. The van der Waals surface area contributed by atoms with Crippen LogP contribution in [0.3, 0.4) is 0 Å². The zero-order chi connectivity index (χ0) is 19.7. The number of allylic oxidation sites excluding steroid dienone is 1. The molecule has 0 radical (unpaired) electrons. The Balaban J connectivity index is 3.10. The maximum absolute atomic E-state index is 12.6. The summed E-state index contributed by atoms with van der Waals surface area (Å²) in [6.45, 7) is 11.3. The smallest absolute Gasteiger partial charge is 0.414 e. The van der Waals surface area contributed by atoms with Crippen LogP contribution in [0.1, 0.15) is 54.4 Å². The average molecular weight is 403 g/mol. The van der Waals surface area contributed by atoms with Gasteiger partial charge in [0.15, 0.2) is 8.32 Å². The lowest BCUT2D eigenvalue weighted by Gasteiger charge is -2.41. The van der Waals surface area contributed by atoms with Crippen LogP contribution in [-0.2, 0) is 18.7 Å². The van der Waals surface area contributed by atoms with Crippen LogP contribution >= 0.6 is 0 Å². The average Bonchev–Trinajstić information content (AvgIpc) is 2.47. The van der Waals surface area contributed by atoms with Crippen molar-refractivity contribution in [3.63, 3.8) is 0 Å². The Morgan fingerprint density at radius 1 is 1.16 bits per heavy atom. The third-order valence-electron chi connectivity index (χ3n) is 5.10. The van der Waals surface area contributed by atoms with E-state index in [-0.39, 0.29) is 11.9 Å². The summed E-state index contributed by atoms with van der Waals surface area (Å²) in [6, 6.07) is 2.93. The zero-order valence-electron chi connectivity index (χ0n) is 15.8. The first-order valence-electron chi connectivity index (χ1n) is 8.62. The summed E-state index contributed by atoms with van der Waals surface area (Å²) < 4.78 is 71.7. The normalized spacial score (nSPS) is 22.2. The predicted molar refractivity (Wildman–Crippen MR) is 93.8 cm³/mol. The monoisotopic (exact) mass is 402 g/mol. The maximum Gasteiger partial charge on any atom is 0.534 e. The second-order valence-electron chi connectivity index (χ2n) is 7.37. The standard InChI is InChI=1S/C16H29F3O4SSi/c1-7-25(8-2,9-3)23-13-10-12(4)14(15(5,6)11-13)22-24(20,21)16(17,18)19/h13H,7-11H2,1-6H3/t13-/m1/s1. The molecule has 0 aromatic rings. The van der Waals surface area contributed by atoms with E-state index in [1.165, 1.54) is 0 Å². The quantitative estimate of drug-likeness (QED) is 0.328. The Bertz CT molecular complexity index is 599. The van der Waals surface area contributed by atoms with Crippen molar-refractivity contribution in [2.75, 3.05) is 0 Å². The molecule has 0 N–H and O–H groups in total. The Morgan fingerprint density at radius 2 is 1.64 bits per heavy atom. The van der Waals surface area contributed by atoms with Crippen LogP contribution in [0.5, 0.6) is 0 Å². The molecule has 25 heavy (non-hydrogen) atoms.